The fourth-order valence-electron chi connectivity index (χ4n) is 1.08. The van der Waals surface area contributed by atoms with Gasteiger partial charge < -0.3 is 9.47 Å². The number of rotatable bonds is 6. The van der Waals surface area contributed by atoms with Gasteiger partial charge in [0.15, 0.2) is 0 Å². The minimum absolute atomic E-state index is 0.444. The van der Waals surface area contributed by atoms with Crippen molar-refractivity contribution in [1.82, 2.24) is 0 Å². The Morgan fingerprint density at radius 2 is 2.13 bits per heavy atom. The minimum Gasteiger partial charge on any atom is -0.489 e. The van der Waals surface area contributed by atoms with Crippen LogP contribution in [-0.4, -0.2) is 25.9 Å². The molecule has 0 spiro atoms. The number of hydrogen-bond acceptors (Lipinski definition) is 4. The summed E-state index contributed by atoms with van der Waals surface area (Å²) in [6.45, 7) is 3.55. The Labute approximate surface area is 88.5 Å². The molecule has 0 saturated carbocycles. The largest absolute Gasteiger partial charge is 0.489 e. The molecular formula is C11H13NO3. The summed E-state index contributed by atoms with van der Waals surface area (Å²) in [6.07, 6.45) is 1.49. The van der Waals surface area contributed by atoms with Crippen molar-refractivity contribution in [2.75, 3.05) is 19.8 Å². The summed E-state index contributed by atoms with van der Waals surface area (Å²) in [4.78, 5) is 13.7. The normalized spacial score (nSPS) is 9.40. The molecule has 0 unspecified atom stereocenters. The third-order valence-electron chi connectivity index (χ3n) is 1.72. The van der Waals surface area contributed by atoms with Gasteiger partial charge in [0.25, 0.3) is 0 Å². The zero-order valence-corrected chi connectivity index (χ0v) is 8.60. The Morgan fingerprint density at radius 3 is 2.87 bits per heavy atom. The number of ether oxygens (including phenoxy) is 2. The molecule has 0 radical (unpaired) electrons. The van der Waals surface area contributed by atoms with Crippen LogP contribution < -0.4 is 4.74 Å². The number of carbonyl (C=O) groups excluding carboxylic acids is 1. The van der Waals surface area contributed by atoms with Crippen molar-refractivity contribution >= 4 is 11.8 Å². The van der Waals surface area contributed by atoms with Gasteiger partial charge in [-0.15, -0.1) is 0 Å². The third kappa shape index (κ3) is 3.94. The van der Waals surface area contributed by atoms with Gasteiger partial charge in [0, 0.05) is 6.61 Å². The summed E-state index contributed by atoms with van der Waals surface area (Å²) in [7, 11) is 0. The van der Waals surface area contributed by atoms with Gasteiger partial charge in [0.1, 0.15) is 18.0 Å². The van der Waals surface area contributed by atoms with Crippen LogP contribution in [0.15, 0.2) is 29.3 Å². The smallest absolute Gasteiger partial charge is 0.240 e. The number of para-hydroxylation sites is 2. The van der Waals surface area contributed by atoms with Gasteiger partial charge in [-0.05, 0) is 19.1 Å². The molecule has 0 aliphatic heterocycles. The zero-order valence-electron chi connectivity index (χ0n) is 8.60. The van der Waals surface area contributed by atoms with Crippen LogP contribution in [0.1, 0.15) is 6.92 Å². The number of aliphatic imine (C=N–C) groups is 1. The Balaban J connectivity index is 2.55. The van der Waals surface area contributed by atoms with Crippen LogP contribution in [0.25, 0.3) is 0 Å². The number of isocyanates is 1. The molecule has 0 heterocycles. The van der Waals surface area contributed by atoms with E-state index in [0.717, 1.165) is 0 Å². The van der Waals surface area contributed by atoms with E-state index in [9.17, 15) is 4.79 Å². The highest BCUT2D eigenvalue weighted by atomic mass is 16.5. The first-order valence-electron chi connectivity index (χ1n) is 4.76. The molecule has 1 aromatic rings. The Morgan fingerprint density at radius 1 is 1.33 bits per heavy atom. The van der Waals surface area contributed by atoms with Crippen molar-refractivity contribution in [3.05, 3.63) is 24.3 Å². The van der Waals surface area contributed by atoms with Crippen LogP contribution in [0.3, 0.4) is 0 Å². The van der Waals surface area contributed by atoms with Gasteiger partial charge in [-0.1, -0.05) is 12.1 Å². The first-order valence-corrected chi connectivity index (χ1v) is 4.76. The highest BCUT2D eigenvalue weighted by Gasteiger charge is 2.00. The van der Waals surface area contributed by atoms with Gasteiger partial charge in [0.05, 0.1) is 6.61 Å². The molecule has 0 amide bonds. The number of benzene rings is 1. The molecule has 0 atom stereocenters. The summed E-state index contributed by atoms with van der Waals surface area (Å²) in [5, 5.41) is 0. The highest BCUT2D eigenvalue weighted by Crippen LogP contribution is 2.25. The van der Waals surface area contributed by atoms with Crippen LogP contribution >= 0.6 is 0 Å². The van der Waals surface area contributed by atoms with Crippen LogP contribution in [-0.2, 0) is 9.53 Å². The Kier molecular flexibility index (Phi) is 5.15. The summed E-state index contributed by atoms with van der Waals surface area (Å²) in [5.74, 6) is 0.570. The van der Waals surface area contributed by atoms with E-state index >= 15 is 0 Å². The second-order valence-corrected chi connectivity index (χ2v) is 2.72. The molecule has 1 aromatic carbocycles. The number of nitrogens with zero attached hydrogens (tertiary/aromatic N) is 1. The molecule has 4 heteroatoms. The summed E-state index contributed by atoms with van der Waals surface area (Å²) >= 11 is 0. The van der Waals surface area contributed by atoms with E-state index in [1.807, 2.05) is 13.0 Å². The minimum atomic E-state index is 0.444. The Bertz CT molecular complexity index is 345. The fraction of sp³-hybridized carbons (Fsp3) is 0.364. The molecule has 1 rings (SSSR count). The summed E-state index contributed by atoms with van der Waals surface area (Å²) < 4.78 is 10.5. The maximum atomic E-state index is 10.1. The molecule has 0 N–H and O–H groups in total. The lowest BCUT2D eigenvalue weighted by molar-refractivity contribution is 0.110. The second kappa shape index (κ2) is 6.76. The predicted molar refractivity (Wildman–Crippen MR) is 56.2 cm³/mol. The third-order valence-corrected chi connectivity index (χ3v) is 1.72. The van der Waals surface area contributed by atoms with E-state index in [1.165, 1.54) is 6.08 Å². The van der Waals surface area contributed by atoms with E-state index in [1.54, 1.807) is 18.2 Å². The summed E-state index contributed by atoms with van der Waals surface area (Å²) in [6, 6.07) is 7.05. The van der Waals surface area contributed by atoms with Crippen molar-refractivity contribution < 1.29 is 14.3 Å². The van der Waals surface area contributed by atoms with Gasteiger partial charge in [0.2, 0.25) is 6.08 Å². The maximum Gasteiger partial charge on any atom is 0.240 e. The zero-order chi connectivity index (χ0) is 10.9. The molecule has 15 heavy (non-hydrogen) atoms. The van der Waals surface area contributed by atoms with E-state index < -0.39 is 0 Å². The number of hydrogen-bond donors (Lipinski definition) is 0. The first-order chi connectivity index (χ1) is 7.38. The van der Waals surface area contributed by atoms with Crippen LogP contribution in [0, 0.1) is 0 Å². The molecule has 0 saturated heterocycles. The lowest BCUT2D eigenvalue weighted by Gasteiger charge is -2.07. The molecule has 0 aliphatic rings. The molecule has 0 aliphatic carbocycles. The monoisotopic (exact) mass is 207 g/mol. The van der Waals surface area contributed by atoms with E-state index in [-0.39, 0.29) is 0 Å². The first kappa shape index (κ1) is 11.4. The Hall–Kier alpha value is -1.64. The van der Waals surface area contributed by atoms with Gasteiger partial charge in [-0.3, -0.25) is 0 Å². The van der Waals surface area contributed by atoms with Crippen molar-refractivity contribution in [3.8, 4) is 5.75 Å². The van der Waals surface area contributed by atoms with Crippen LogP contribution in [0.5, 0.6) is 5.75 Å². The van der Waals surface area contributed by atoms with Gasteiger partial charge >= 0.3 is 0 Å². The molecule has 0 fully saturated rings. The van der Waals surface area contributed by atoms with Gasteiger partial charge in [-0.2, -0.15) is 4.99 Å². The SMILES string of the molecule is CCOCCOc1ccccc1N=C=O. The molecular weight excluding hydrogens is 194 g/mol. The molecule has 80 valence electrons. The lowest BCUT2D eigenvalue weighted by atomic mass is 10.3. The van der Waals surface area contributed by atoms with Gasteiger partial charge in [-0.25, -0.2) is 4.79 Å². The molecule has 4 nitrogen and oxygen atoms in total. The quantitative estimate of drug-likeness (QED) is 0.407. The molecule has 0 aromatic heterocycles. The summed E-state index contributed by atoms with van der Waals surface area (Å²) in [5.41, 5.74) is 0.490. The second-order valence-electron chi connectivity index (χ2n) is 2.72. The molecule has 0 bridgehead atoms. The van der Waals surface area contributed by atoms with E-state index in [4.69, 9.17) is 9.47 Å². The van der Waals surface area contributed by atoms with Crippen LogP contribution in [0.4, 0.5) is 5.69 Å². The topological polar surface area (TPSA) is 47.9 Å². The fourth-order valence-corrected chi connectivity index (χ4v) is 1.08. The van der Waals surface area contributed by atoms with Crippen molar-refractivity contribution in [1.29, 1.82) is 0 Å². The maximum absolute atomic E-state index is 10.1. The average Bonchev–Trinajstić information content (AvgIpc) is 2.27. The van der Waals surface area contributed by atoms with E-state index in [2.05, 4.69) is 4.99 Å². The highest BCUT2D eigenvalue weighted by molar-refractivity contribution is 5.57. The van der Waals surface area contributed by atoms with E-state index in [0.29, 0.717) is 31.3 Å². The van der Waals surface area contributed by atoms with Crippen molar-refractivity contribution in [2.45, 2.75) is 6.92 Å². The standard InChI is InChI=1S/C11H13NO3/c1-2-14-7-8-15-11-6-4-3-5-10(11)12-9-13/h3-6H,2,7-8H2,1H3. The van der Waals surface area contributed by atoms with Crippen molar-refractivity contribution in [3.63, 3.8) is 0 Å². The predicted octanol–water partition coefficient (Wildman–Crippen LogP) is 2.07. The lowest BCUT2D eigenvalue weighted by Crippen LogP contribution is -2.06. The average molecular weight is 207 g/mol. The van der Waals surface area contributed by atoms with Crippen LogP contribution in [0.2, 0.25) is 0 Å². The van der Waals surface area contributed by atoms with Crippen molar-refractivity contribution in [2.24, 2.45) is 4.99 Å².